The highest BCUT2D eigenvalue weighted by Gasteiger charge is 2.68. The van der Waals surface area contributed by atoms with Crippen molar-refractivity contribution in [1.29, 1.82) is 0 Å². The molecule has 0 aromatic rings. The zero-order valence-electron chi connectivity index (χ0n) is 12.2. The second kappa shape index (κ2) is 4.36. The molecule has 7 heteroatoms. The van der Waals surface area contributed by atoms with E-state index in [4.69, 9.17) is 23.7 Å². The van der Waals surface area contributed by atoms with Crippen molar-refractivity contribution in [1.82, 2.24) is 0 Å². The van der Waals surface area contributed by atoms with Gasteiger partial charge in [0.25, 0.3) is 0 Å². The number of aliphatic hydroxyl groups is 2. The van der Waals surface area contributed by atoms with E-state index >= 15 is 0 Å². The van der Waals surface area contributed by atoms with Crippen molar-refractivity contribution in [2.24, 2.45) is 0 Å². The van der Waals surface area contributed by atoms with E-state index in [1.54, 1.807) is 13.8 Å². The SMILES string of the molecule is CC1(C)OCC([C@H]2OC(O)[C@@]3(CO)OC(C)(C)O[C@@H]23)O1. The van der Waals surface area contributed by atoms with Crippen molar-refractivity contribution in [2.75, 3.05) is 13.2 Å². The summed E-state index contributed by atoms with van der Waals surface area (Å²) in [5, 5.41) is 19.8. The van der Waals surface area contributed by atoms with Crippen LogP contribution in [0.15, 0.2) is 0 Å². The molecule has 0 radical (unpaired) electrons. The standard InChI is InChI=1S/C13H22O7/c1-11(2)16-5-7(18-11)8-9-13(6-14,10(15)17-8)20-12(3,4)19-9/h7-10,14-15H,5-6H2,1-4H3/t7?,8-,9+,10?,13+/m1/s1. The minimum absolute atomic E-state index is 0.339. The highest BCUT2D eigenvalue weighted by Crippen LogP contribution is 2.48. The van der Waals surface area contributed by atoms with Crippen LogP contribution in [0.1, 0.15) is 27.7 Å². The first-order valence-electron chi connectivity index (χ1n) is 6.83. The van der Waals surface area contributed by atoms with E-state index in [2.05, 4.69) is 0 Å². The molecule has 5 atom stereocenters. The molecule has 2 unspecified atom stereocenters. The van der Waals surface area contributed by atoms with Gasteiger partial charge >= 0.3 is 0 Å². The lowest BCUT2D eigenvalue weighted by atomic mass is 9.94. The molecule has 3 fully saturated rings. The predicted molar refractivity (Wildman–Crippen MR) is 65.6 cm³/mol. The maximum Gasteiger partial charge on any atom is 0.189 e. The number of rotatable bonds is 2. The Morgan fingerprint density at radius 3 is 2.35 bits per heavy atom. The van der Waals surface area contributed by atoms with Gasteiger partial charge in [0, 0.05) is 0 Å². The largest absolute Gasteiger partial charge is 0.393 e. The fourth-order valence-electron chi connectivity index (χ4n) is 3.18. The van der Waals surface area contributed by atoms with Crippen molar-refractivity contribution >= 4 is 0 Å². The van der Waals surface area contributed by atoms with E-state index in [0.29, 0.717) is 6.61 Å². The van der Waals surface area contributed by atoms with Crippen molar-refractivity contribution < 1.29 is 33.9 Å². The molecule has 0 aromatic heterocycles. The van der Waals surface area contributed by atoms with Crippen molar-refractivity contribution in [2.45, 2.75) is 69.5 Å². The van der Waals surface area contributed by atoms with E-state index in [1.807, 2.05) is 13.8 Å². The number of hydrogen-bond donors (Lipinski definition) is 2. The third-order valence-corrected chi connectivity index (χ3v) is 3.97. The van der Waals surface area contributed by atoms with Gasteiger partial charge in [-0.05, 0) is 27.7 Å². The van der Waals surface area contributed by atoms with Gasteiger partial charge in [0.2, 0.25) is 0 Å². The lowest BCUT2D eigenvalue weighted by Crippen LogP contribution is -2.51. The second-order valence-electron chi connectivity index (χ2n) is 6.47. The first-order valence-corrected chi connectivity index (χ1v) is 6.83. The number of aliphatic hydroxyl groups excluding tert-OH is 2. The molecule has 116 valence electrons. The molecule has 3 saturated heterocycles. The fraction of sp³-hybridized carbons (Fsp3) is 1.00. The van der Waals surface area contributed by atoms with Crippen LogP contribution in [0.25, 0.3) is 0 Å². The topological polar surface area (TPSA) is 86.6 Å². The molecule has 0 amide bonds. The Hall–Kier alpha value is -0.280. The smallest absolute Gasteiger partial charge is 0.189 e. The lowest BCUT2D eigenvalue weighted by Gasteiger charge is -2.27. The average molecular weight is 290 g/mol. The molecular weight excluding hydrogens is 268 g/mol. The molecule has 3 aliphatic rings. The second-order valence-corrected chi connectivity index (χ2v) is 6.47. The molecule has 3 heterocycles. The molecule has 0 bridgehead atoms. The quantitative estimate of drug-likeness (QED) is 0.724. The van der Waals surface area contributed by atoms with E-state index < -0.39 is 42.3 Å². The van der Waals surface area contributed by atoms with Gasteiger partial charge in [0.15, 0.2) is 23.5 Å². The minimum atomic E-state index is -1.27. The van der Waals surface area contributed by atoms with E-state index in [9.17, 15) is 10.2 Å². The van der Waals surface area contributed by atoms with Gasteiger partial charge in [-0.25, -0.2) is 0 Å². The molecule has 3 aliphatic heterocycles. The van der Waals surface area contributed by atoms with Gasteiger partial charge in [-0.1, -0.05) is 0 Å². The zero-order valence-corrected chi connectivity index (χ0v) is 12.2. The summed E-state index contributed by atoms with van der Waals surface area (Å²) in [6.07, 6.45) is -2.81. The number of ether oxygens (including phenoxy) is 5. The average Bonchev–Trinajstić information content (AvgIpc) is 2.90. The molecule has 0 saturated carbocycles. The third kappa shape index (κ3) is 2.09. The molecule has 7 nitrogen and oxygen atoms in total. The van der Waals surface area contributed by atoms with Gasteiger partial charge in [-0.3, -0.25) is 0 Å². The molecule has 20 heavy (non-hydrogen) atoms. The van der Waals surface area contributed by atoms with Crippen molar-refractivity contribution in [3.63, 3.8) is 0 Å². The Bertz CT molecular complexity index is 396. The summed E-state index contributed by atoms with van der Waals surface area (Å²) in [6, 6.07) is 0. The lowest BCUT2D eigenvalue weighted by molar-refractivity contribution is -0.261. The van der Waals surface area contributed by atoms with Gasteiger partial charge in [-0.2, -0.15) is 0 Å². The van der Waals surface area contributed by atoms with Crippen LogP contribution in [0.4, 0.5) is 0 Å². The summed E-state index contributed by atoms with van der Waals surface area (Å²) in [4.78, 5) is 0. The van der Waals surface area contributed by atoms with E-state index in [1.165, 1.54) is 0 Å². The Balaban J connectivity index is 1.85. The third-order valence-electron chi connectivity index (χ3n) is 3.97. The van der Waals surface area contributed by atoms with E-state index in [-0.39, 0.29) is 6.10 Å². The van der Waals surface area contributed by atoms with Crippen LogP contribution in [0.5, 0.6) is 0 Å². The molecular formula is C13H22O7. The maximum atomic E-state index is 10.2. The van der Waals surface area contributed by atoms with Gasteiger partial charge in [0.05, 0.1) is 13.2 Å². The fourth-order valence-corrected chi connectivity index (χ4v) is 3.18. The van der Waals surface area contributed by atoms with Crippen LogP contribution in [-0.4, -0.2) is 65.2 Å². The van der Waals surface area contributed by atoms with E-state index in [0.717, 1.165) is 0 Å². The number of hydrogen-bond acceptors (Lipinski definition) is 7. The van der Waals surface area contributed by atoms with Crippen LogP contribution in [0, 0.1) is 0 Å². The minimum Gasteiger partial charge on any atom is -0.393 e. The first kappa shape index (κ1) is 14.6. The van der Waals surface area contributed by atoms with Crippen LogP contribution < -0.4 is 0 Å². The summed E-state index contributed by atoms with van der Waals surface area (Å²) in [7, 11) is 0. The highest BCUT2D eigenvalue weighted by atomic mass is 16.8. The summed E-state index contributed by atoms with van der Waals surface area (Å²) in [6.45, 7) is 7.05. The Morgan fingerprint density at radius 2 is 1.80 bits per heavy atom. The van der Waals surface area contributed by atoms with Gasteiger partial charge < -0.3 is 33.9 Å². The van der Waals surface area contributed by atoms with Crippen LogP contribution in [-0.2, 0) is 23.7 Å². The number of fused-ring (bicyclic) bond motifs is 1. The molecule has 0 aromatic carbocycles. The highest BCUT2D eigenvalue weighted by molar-refractivity contribution is 5.09. The zero-order chi connectivity index (χ0) is 14.8. The normalized spacial score (nSPS) is 49.5. The molecule has 0 spiro atoms. The first-order chi connectivity index (χ1) is 9.19. The van der Waals surface area contributed by atoms with Crippen LogP contribution in [0.2, 0.25) is 0 Å². The Labute approximate surface area is 117 Å². The van der Waals surface area contributed by atoms with Crippen molar-refractivity contribution in [3.05, 3.63) is 0 Å². The maximum absolute atomic E-state index is 10.2. The molecule has 2 N–H and O–H groups in total. The monoisotopic (exact) mass is 290 g/mol. The van der Waals surface area contributed by atoms with Crippen molar-refractivity contribution in [3.8, 4) is 0 Å². The van der Waals surface area contributed by atoms with Crippen LogP contribution >= 0.6 is 0 Å². The Morgan fingerprint density at radius 1 is 1.10 bits per heavy atom. The summed E-state index contributed by atoms with van der Waals surface area (Å²) in [5.74, 6) is -1.59. The molecule has 3 rings (SSSR count). The Kier molecular flexibility index (Phi) is 3.19. The van der Waals surface area contributed by atoms with Gasteiger partial charge in [0.1, 0.15) is 18.3 Å². The van der Waals surface area contributed by atoms with Crippen LogP contribution in [0.3, 0.4) is 0 Å². The molecule has 0 aliphatic carbocycles. The summed E-state index contributed by atoms with van der Waals surface area (Å²) < 4.78 is 28.4. The predicted octanol–water partition coefficient (Wildman–Crippen LogP) is -0.262. The summed E-state index contributed by atoms with van der Waals surface area (Å²) in [5.41, 5.74) is -1.27. The summed E-state index contributed by atoms with van der Waals surface area (Å²) >= 11 is 0. The van der Waals surface area contributed by atoms with Gasteiger partial charge in [-0.15, -0.1) is 0 Å².